The van der Waals surface area contributed by atoms with E-state index in [4.69, 9.17) is 10.2 Å². The molecular formula is C15H17N3O3. The number of benzene rings is 1. The first-order chi connectivity index (χ1) is 10.0. The lowest BCUT2D eigenvalue weighted by molar-refractivity contribution is -0.149. The molecule has 1 atom stereocenters. The lowest BCUT2D eigenvalue weighted by atomic mass is 10.2. The molecule has 21 heavy (non-hydrogen) atoms. The molecule has 1 unspecified atom stereocenters. The molecule has 1 fully saturated rings. The first-order valence-electron chi connectivity index (χ1n) is 6.80. The molecule has 6 nitrogen and oxygen atoms in total. The first-order valence-corrected chi connectivity index (χ1v) is 6.80. The fourth-order valence-corrected chi connectivity index (χ4v) is 2.44. The largest absolute Gasteiger partial charge is 0.459 e. The van der Waals surface area contributed by atoms with Crippen molar-refractivity contribution in [2.45, 2.75) is 6.04 Å². The number of rotatable bonds is 3. The Bertz CT molecular complexity index is 661. The zero-order valence-electron chi connectivity index (χ0n) is 11.8. The van der Waals surface area contributed by atoms with Crippen LogP contribution in [0, 0.1) is 0 Å². The first kappa shape index (κ1) is 13.6. The molecule has 0 spiro atoms. The molecule has 0 saturated carbocycles. The van der Waals surface area contributed by atoms with Gasteiger partial charge in [-0.2, -0.15) is 0 Å². The third-order valence-electron chi connectivity index (χ3n) is 3.70. The molecule has 3 rings (SSSR count). The zero-order chi connectivity index (χ0) is 15.0. The normalized spacial score (nSPS) is 17.6. The molecule has 0 bridgehead atoms. The summed E-state index contributed by atoms with van der Waals surface area (Å²) in [6.45, 7) is 0.452. The standard InChI is InChI=1S/C15H17N3O3/c1-17-8-15(20)18(9-14(17)19)7-11(16)13-6-10-4-2-3-5-12(10)21-13/h2-6,11H,7-9,16H2,1H3. The number of fused-ring (bicyclic) bond motifs is 1. The van der Waals surface area contributed by atoms with Gasteiger partial charge in [-0.1, -0.05) is 18.2 Å². The summed E-state index contributed by atoms with van der Waals surface area (Å²) in [5.74, 6) is 0.449. The van der Waals surface area contributed by atoms with Crippen molar-refractivity contribution in [3.05, 3.63) is 36.1 Å². The van der Waals surface area contributed by atoms with Gasteiger partial charge in [0, 0.05) is 19.0 Å². The van der Waals surface area contributed by atoms with Crippen molar-refractivity contribution in [3.8, 4) is 0 Å². The van der Waals surface area contributed by atoms with Crippen LogP contribution in [-0.2, 0) is 9.59 Å². The number of piperazine rings is 1. The topological polar surface area (TPSA) is 79.8 Å². The van der Waals surface area contributed by atoms with Crippen molar-refractivity contribution in [1.29, 1.82) is 0 Å². The van der Waals surface area contributed by atoms with Gasteiger partial charge < -0.3 is 20.0 Å². The van der Waals surface area contributed by atoms with E-state index in [1.807, 2.05) is 30.3 Å². The third kappa shape index (κ3) is 2.62. The summed E-state index contributed by atoms with van der Waals surface area (Å²) in [4.78, 5) is 26.5. The highest BCUT2D eigenvalue weighted by molar-refractivity contribution is 5.92. The number of carbonyl (C=O) groups excluding carboxylic acids is 2. The molecule has 0 radical (unpaired) electrons. The van der Waals surface area contributed by atoms with Crippen LogP contribution in [0.4, 0.5) is 0 Å². The van der Waals surface area contributed by atoms with Crippen LogP contribution in [0.3, 0.4) is 0 Å². The Morgan fingerprint density at radius 2 is 2.00 bits per heavy atom. The smallest absolute Gasteiger partial charge is 0.242 e. The number of hydrogen-bond acceptors (Lipinski definition) is 4. The predicted molar refractivity (Wildman–Crippen MR) is 77.4 cm³/mol. The molecule has 2 N–H and O–H groups in total. The highest BCUT2D eigenvalue weighted by Gasteiger charge is 2.29. The fraction of sp³-hybridized carbons (Fsp3) is 0.333. The van der Waals surface area contributed by atoms with Gasteiger partial charge in [0.05, 0.1) is 19.1 Å². The van der Waals surface area contributed by atoms with E-state index in [1.165, 1.54) is 9.80 Å². The molecule has 1 aromatic carbocycles. The van der Waals surface area contributed by atoms with Crippen LogP contribution in [-0.4, -0.2) is 48.3 Å². The summed E-state index contributed by atoms with van der Waals surface area (Å²) >= 11 is 0. The van der Waals surface area contributed by atoms with E-state index >= 15 is 0 Å². The van der Waals surface area contributed by atoms with Gasteiger partial charge in [-0.05, 0) is 12.1 Å². The minimum atomic E-state index is -0.447. The van der Waals surface area contributed by atoms with E-state index < -0.39 is 6.04 Å². The van der Waals surface area contributed by atoms with Crippen LogP contribution >= 0.6 is 0 Å². The molecule has 2 amide bonds. The van der Waals surface area contributed by atoms with Crippen molar-refractivity contribution in [2.75, 3.05) is 26.7 Å². The number of nitrogens with zero attached hydrogens (tertiary/aromatic N) is 2. The van der Waals surface area contributed by atoms with Crippen molar-refractivity contribution in [3.63, 3.8) is 0 Å². The highest BCUT2D eigenvalue weighted by Crippen LogP contribution is 2.23. The van der Waals surface area contributed by atoms with Crippen LogP contribution in [0.15, 0.2) is 34.7 Å². The minimum absolute atomic E-state index is 0.0727. The molecule has 1 saturated heterocycles. The van der Waals surface area contributed by atoms with Crippen LogP contribution in [0.5, 0.6) is 0 Å². The molecule has 1 aliphatic rings. The maximum Gasteiger partial charge on any atom is 0.242 e. The average molecular weight is 287 g/mol. The number of para-hydroxylation sites is 1. The van der Waals surface area contributed by atoms with Gasteiger partial charge in [0.25, 0.3) is 0 Å². The van der Waals surface area contributed by atoms with Crippen molar-refractivity contribution in [2.24, 2.45) is 5.73 Å². The average Bonchev–Trinajstić information content (AvgIpc) is 2.88. The van der Waals surface area contributed by atoms with Crippen molar-refractivity contribution in [1.82, 2.24) is 9.80 Å². The number of hydrogen-bond donors (Lipinski definition) is 1. The Balaban J connectivity index is 1.75. The summed E-state index contributed by atoms with van der Waals surface area (Å²) in [5, 5.41) is 0.976. The van der Waals surface area contributed by atoms with Crippen molar-refractivity contribution >= 4 is 22.8 Å². The van der Waals surface area contributed by atoms with Gasteiger partial charge in [-0.25, -0.2) is 0 Å². The Morgan fingerprint density at radius 3 is 2.76 bits per heavy atom. The van der Waals surface area contributed by atoms with Gasteiger partial charge in [0.1, 0.15) is 11.3 Å². The summed E-state index contributed by atoms with van der Waals surface area (Å²) in [6, 6.07) is 9.06. The van der Waals surface area contributed by atoms with E-state index in [0.29, 0.717) is 5.76 Å². The summed E-state index contributed by atoms with van der Waals surface area (Å²) in [7, 11) is 1.62. The van der Waals surface area contributed by atoms with E-state index in [2.05, 4.69) is 0 Å². The van der Waals surface area contributed by atoms with E-state index in [-0.39, 0.29) is 31.4 Å². The van der Waals surface area contributed by atoms with Crippen LogP contribution in [0.25, 0.3) is 11.0 Å². The van der Waals surface area contributed by atoms with Crippen LogP contribution < -0.4 is 5.73 Å². The molecule has 6 heteroatoms. The summed E-state index contributed by atoms with van der Waals surface area (Å²) in [6.07, 6.45) is 0. The Kier molecular flexibility index (Phi) is 3.39. The van der Waals surface area contributed by atoms with E-state index in [1.54, 1.807) is 7.05 Å². The fourth-order valence-electron chi connectivity index (χ4n) is 2.44. The minimum Gasteiger partial charge on any atom is -0.459 e. The van der Waals surface area contributed by atoms with Gasteiger partial charge in [0.2, 0.25) is 11.8 Å². The summed E-state index contributed by atoms with van der Waals surface area (Å²) < 4.78 is 5.70. The SMILES string of the molecule is CN1CC(=O)N(CC(N)c2cc3ccccc3o2)CC1=O. The van der Waals surface area contributed by atoms with Gasteiger partial charge >= 0.3 is 0 Å². The second-order valence-electron chi connectivity index (χ2n) is 5.32. The number of likely N-dealkylation sites (N-methyl/N-ethyl adjacent to an activating group) is 1. The van der Waals surface area contributed by atoms with Gasteiger partial charge in [-0.3, -0.25) is 9.59 Å². The van der Waals surface area contributed by atoms with Gasteiger partial charge in [-0.15, -0.1) is 0 Å². The second-order valence-corrected chi connectivity index (χ2v) is 5.32. The monoisotopic (exact) mass is 287 g/mol. The second kappa shape index (κ2) is 5.21. The van der Waals surface area contributed by atoms with Crippen LogP contribution in [0.2, 0.25) is 0 Å². The zero-order valence-corrected chi connectivity index (χ0v) is 11.8. The van der Waals surface area contributed by atoms with Crippen molar-refractivity contribution < 1.29 is 14.0 Å². The molecular weight excluding hydrogens is 270 g/mol. The molecule has 110 valence electrons. The Hall–Kier alpha value is -2.34. The Labute approximate surface area is 122 Å². The van der Waals surface area contributed by atoms with E-state index in [9.17, 15) is 9.59 Å². The summed E-state index contributed by atoms with van der Waals surface area (Å²) in [5.41, 5.74) is 6.89. The predicted octanol–water partition coefficient (Wildman–Crippen LogP) is 0.733. The molecule has 1 aromatic heterocycles. The lowest BCUT2D eigenvalue weighted by Crippen LogP contribution is -2.53. The molecule has 1 aliphatic heterocycles. The maximum absolute atomic E-state index is 11.9. The number of carbonyl (C=O) groups is 2. The lowest BCUT2D eigenvalue weighted by Gasteiger charge is -2.32. The number of nitrogens with two attached hydrogens (primary N) is 1. The van der Waals surface area contributed by atoms with Crippen LogP contribution in [0.1, 0.15) is 11.8 Å². The quantitative estimate of drug-likeness (QED) is 0.902. The van der Waals surface area contributed by atoms with Gasteiger partial charge in [0.15, 0.2) is 0 Å². The maximum atomic E-state index is 11.9. The number of amides is 2. The number of furan rings is 1. The molecule has 2 aromatic rings. The Morgan fingerprint density at radius 1 is 1.24 bits per heavy atom. The third-order valence-corrected chi connectivity index (χ3v) is 3.70. The van der Waals surface area contributed by atoms with E-state index in [0.717, 1.165) is 11.0 Å². The molecule has 0 aliphatic carbocycles. The molecule has 2 heterocycles. The highest BCUT2D eigenvalue weighted by atomic mass is 16.3.